The number of nitrogens with one attached hydrogen (secondary N) is 1. The van der Waals surface area contributed by atoms with Crippen LogP contribution in [0.3, 0.4) is 0 Å². The Labute approximate surface area is 114 Å². The lowest BCUT2D eigenvalue weighted by atomic mass is 9.81. The van der Waals surface area contributed by atoms with Gasteiger partial charge in [0.1, 0.15) is 10.7 Å². The maximum Gasteiger partial charge on any atom is 0.243 e. The Morgan fingerprint density at radius 1 is 1.37 bits per heavy atom. The highest BCUT2D eigenvalue weighted by molar-refractivity contribution is 7.89. The summed E-state index contributed by atoms with van der Waals surface area (Å²) in [7, 11) is -3.89. The molecule has 1 aromatic carbocycles. The minimum atomic E-state index is -3.89. The van der Waals surface area contributed by atoms with Gasteiger partial charge in [-0.15, -0.1) is 0 Å². The van der Waals surface area contributed by atoms with Gasteiger partial charge in [-0.25, -0.2) is 17.5 Å². The van der Waals surface area contributed by atoms with Gasteiger partial charge >= 0.3 is 0 Å². The van der Waals surface area contributed by atoms with Crippen LogP contribution >= 0.6 is 0 Å². The molecule has 1 aromatic rings. The monoisotopic (exact) mass is 288 g/mol. The highest BCUT2D eigenvalue weighted by atomic mass is 32.2. The van der Waals surface area contributed by atoms with Crippen LogP contribution in [-0.2, 0) is 10.0 Å². The van der Waals surface area contributed by atoms with Crippen LogP contribution in [0, 0.1) is 17.2 Å². The van der Waals surface area contributed by atoms with Crippen molar-refractivity contribution in [3.05, 3.63) is 24.0 Å². The van der Waals surface area contributed by atoms with E-state index in [1.807, 2.05) is 27.7 Å². The molecule has 108 valence electrons. The van der Waals surface area contributed by atoms with Gasteiger partial charge in [-0.05, 0) is 29.5 Å². The van der Waals surface area contributed by atoms with Crippen molar-refractivity contribution in [1.82, 2.24) is 4.72 Å². The van der Waals surface area contributed by atoms with Crippen LogP contribution in [0.4, 0.5) is 10.1 Å². The lowest BCUT2D eigenvalue weighted by molar-refractivity contribution is 0.252. The quantitative estimate of drug-likeness (QED) is 0.817. The Balaban J connectivity index is 2.97. The Kier molecular flexibility index (Phi) is 4.58. The second-order valence-electron chi connectivity index (χ2n) is 5.66. The molecular weight excluding hydrogens is 267 g/mol. The second kappa shape index (κ2) is 5.46. The first-order valence-corrected chi connectivity index (χ1v) is 7.59. The van der Waals surface area contributed by atoms with Crippen molar-refractivity contribution in [3.8, 4) is 0 Å². The molecule has 0 amide bonds. The molecule has 3 N–H and O–H groups in total. The number of hydrogen-bond donors (Lipinski definition) is 2. The minimum Gasteiger partial charge on any atom is -0.399 e. The Morgan fingerprint density at radius 3 is 2.47 bits per heavy atom. The number of halogens is 1. The Bertz CT molecular complexity index is 554. The summed E-state index contributed by atoms with van der Waals surface area (Å²) >= 11 is 0. The normalized spacial score (nSPS) is 12.9. The molecule has 0 unspecified atom stereocenters. The van der Waals surface area contributed by atoms with E-state index in [2.05, 4.69) is 4.72 Å². The van der Waals surface area contributed by atoms with Crippen molar-refractivity contribution in [3.63, 3.8) is 0 Å². The average Bonchev–Trinajstić information content (AvgIpc) is 2.30. The molecule has 0 aliphatic heterocycles. The van der Waals surface area contributed by atoms with Gasteiger partial charge in [0.2, 0.25) is 10.0 Å². The van der Waals surface area contributed by atoms with Crippen molar-refractivity contribution < 1.29 is 12.8 Å². The van der Waals surface area contributed by atoms with Crippen LogP contribution in [0.1, 0.15) is 27.7 Å². The second-order valence-corrected chi connectivity index (χ2v) is 7.39. The van der Waals surface area contributed by atoms with Crippen molar-refractivity contribution >= 4 is 15.7 Å². The third kappa shape index (κ3) is 3.91. The van der Waals surface area contributed by atoms with Gasteiger partial charge in [0.25, 0.3) is 0 Å². The van der Waals surface area contributed by atoms with Gasteiger partial charge in [-0.1, -0.05) is 27.7 Å². The zero-order valence-corrected chi connectivity index (χ0v) is 12.5. The van der Waals surface area contributed by atoms with E-state index in [0.29, 0.717) is 5.92 Å². The summed E-state index contributed by atoms with van der Waals surface area (Å²) in [5.41, 5.74) is 5.49. The first-order valence-electron chi connectivity index (χ1n) is 6.11. The topological polar surface area (TPSA) is 72.2 Å². The van der Waals surface area contributed by atoms with E-state index in [-0.39, 0.29) is 17.6 Å². The molecular formula is C13H21FN2O2S. The fourth-order valence-corrected chi connectivity index (χ4v) is 2.62. The lowest BCUT2D eigenvalue weighted by Gasteiger charge is -2.29. The molecule has 0 spiro atoms. The highest BCUT2D eigenvalue weighted by Gasteiger charge is 2.26. The third-order valence-electron chi connectivity index (χ3n) is 3.53. The molecule has 0 aliphatic carbocycles. The largest absolute Gasteiger partial charge is 0.399 e. The standard InChI is InChI=1S/C13H21FN2O2S/c1-9(2)13(3,4)8-16-19(17,18)12-7-10(15)5-6-11(12)14/h5-7,9,16H,8,15H2,1-4H3. The maximum absolute atomic E-state index is 13.6. The summed E-state index contributed by atoms with van der Waals surface area (Å²) in [6.07, 6.45) is 0. The zero-order chi connectivity index (χ0) is 14.8. The van der Waals surface area contributed by atoms with E-state index in [9.17, 15) is 12.8 Å². The molecule has 0 aliphatic rings. The predicted octanol–water partition coefficient (Wildman–Crippen LogP) is 2.37. The number of nitrogens with two attached hydrogens (primary N) is 1. The number of sulfonamides is 1. The van der Waals surface area contributed by atoms with E-state index in [1.165, 1.54) is 6.07 Å². The summed E-state index contributed by atoms with van der Waals surface area (Å²) in [4.78, 5) is -0.410. The molecule has 19 heavy (non-hydrogen) atoms. The average molecular weight is 288 g/mol. The fraction of sp³-hybridized carbons (Fsp3) is 0.538. The van der Waals surface area contributed by atoms with Gasteiger partial charge in [0.15, 0.2) is 0 Å². The molecule has 0 saturated heterocycles. The number of hydrogen-bond acceptors (Lipinski definition) is 3. The first-order chi connectivity index (χ1) is 8.56. The van der Waals surface area contributed by atoms with Gasteiger partial charge in [0.05, 0.1) is 0 Å². The fourth-order valence-electron chi connectivity index (χ4n) is 1.29. The van der Waals surface area contributed by atoms with E-state index < -0.39 is 20.7 Å². The van der Waals surface area contributed by atoms with Gasteiger partial charge in [-0.3, -0.25) is 0 Å². The molecule has 0 fully saturated rings. The smallest absolute Gasteiger partial charge is 0.243 e. The van der Waals surface area contributed by atoms with Crippen LogP contribution in [0.25, 0.3) is 0 Å². The summed E-state index contributed by atoms with van der Waals surface area (Å²) in [5, 5.41) is 0. The minimum absolute atomic E-state index is 0.213. The van der Waals surface area contributed by atoms with Crippen LogP contribution in [0.5, 0.6) is 0 Å². The Morgan fingerprint density at radius 2 is 1.95 bits per heavy atom. The van der Waals surface area contributed by atoms with Crippen LogP contribution in [0.15, 0.2) is 23.1 Å². The predicted molar refractivity (Wildman–Crippen MR) is 74.6 cm³/mol. The van der Waals surface area contributed by atoms with Crippen LogP contribution in [-0.4, -0.2) is 15.0 Å². The van der Waals surface area contributed by atoms with Gasteiger partial charge < -0.3 is 5.73 Å². The zero-order valence-electron chi connectivity index (χ0n) is 11.7. The SMILES string of the molecule is CC(C)C(C)(C)CNS(=O)(=O)c1cc(N)ccc1F. The molecule has 1 rings (SSSR count). The number of rotatable bonds is 5. The van der Waals surface area contributed by atoms with Crippen molar-refractivity contribution in [2.45, 2.75) is 32.6 Å². The lowest BCUT2D eigenvalue weighted by Crippen LogP contribution is -2.37. The summed E-state index contributed by atoms with van der Waals surface area (Å²) < 4.78 is 40.1. The number of benzene rings is 1. The summed E-state index contributed by atoms with van der Waals surface area (Å²) in [6.45, 7) is 8.16. The highest BCUT2D eigenvalue weighted by Crippen LogP contribution is 2.26. The summed E-state index contributed by atoms with van der Waals surface area (Å²) in [5.74, 6) is -0.509. The molecule has 0 saturated carbocycles. The molecule has 6 heteroatoms. The van der Waals surface area contributed by atoms with Crippen molar-refractivity contribution in [1.29, 1.82) is 0 Å². The number of nitrogen functional groups attached to an aromatic ring is 1. The molecule has 0 aromatic heterocycles. The first kappa shape index (κ1) is 15.9. The van der Waals surface area contributed by atoms with E-state index >= 15 is 0 Å². The van der Waals surface area contributed by atoms with Crippen molar-refractivity contribution in [2.24, 2.45) is 11.3 Å². The van der Waals surface area contributed by atoms with E-state index in [0.717, 1.165) is 12.1 Å². The Hall–Kier alpha value is -1.14. The van der Waals surface area contributed by atoms with Gasteiger partial charge in [-0.2, -0.15) is 0 Å². The molecule has 0 atom stereocenters. The van der Waals surface area contributed by atoms with E-state index in [1.54, 1.807) is 0 Å². The third-order valence-corrected chi connectivity index (χ3v) is 4.94. The van der Waals surface area contributed by atoms with Gasteiger partial charge in [0, 0.05) is 12.2 Å². The maximum atomic E-state index is 13.6. The number of anilines is 1. The molecule has 4 nitrogen and oxygen atoms in total. The van der Waals surface area contributed by atoms with Crippen molar-refractivity contribution in [2.75, 3.05) is 12.3 Å². The summed E-state index contributed by atoms with van der Waals surface area (Å²) in [6, 6.07) is 3.50. The molecule has 0 radical (unpaired) electrons. The van der Waals surface area contributed by atoms with E-state index in [4.69, 9.17) is 5.73 Å². The molecule has 0 bridgehead atoms. The van der Waals surface area contributed by atoms with Crippen LogP contribution in [0.2, 0.25) is 0 Å². The molecule has 0 heterocycles. The van der Waals surface area contributed by atoms with Crippen LogP contribution < -0.4 is 10.5 Å².